The summed E-state index contributed by atoms with van der Waals surface area (Å²) < 4.78 is 27.5. The van der Waals surface area contributed by atoms with E-state index in [1.165, 1.54) is 0 Å². The third kappa shape index (κ3) is 3.16. The monoisotopic (exact) mass is 364 g/mol. The minimum Gasteiger partial charge on any atom is -0.280 e. The average Bonchev–Trinajstić information content (AvgIpc) is 3.06. The van der Waals surface area contributed by atoms with Crippen LogP contribution in [0.15, 0.2) is 77.7 Å². The van der Waals surface area contributed by atoms with Crippen molar-refractivity contribution in [2.45, 2.75) is 11.8 Å². The topological polar surface area (TPSA) is 76.9 Å². The molecule has 130 valence electrons. The molecule has 0 unspecified atom stereocenters. The summed E-state index contributed by atoms with van der Waals surface area (Å²) in [5.41, 5.74) is 3.74. The molecule has 26 heavy (non-hydrogen) atoms. The molecule has 7 heteroatoms. The summed E-state index contributed by atoms with van der Waals surface area (Å²) in [5, 5.41) is 8.88. The van der Waals surface area contributed by atoms with E-state index in [4.69, 9.17) is 0 Å². The zero-order chi connectivity index (χ0) is 18.1. The maximum Gasteiger partial charge on any atom is 0.261 e. The predicted octanol–water partition coefficient (Wildman–Crippen LogP) is 3.53. The van der Waals surface area contributed by atoms with Crippen LogP contribution >= 0.6 is 0 Å². The number of anilines is 1. The Labute approximate surface area is 151 Å². The first-order valence-electron chi connectivity index (χ1n) is 8.03. The van der Waals surface area contributed by atoms with Crippen LogP contribution in [0.4, 0.5) is 5.69 Å². The molecule has 0 bridgehead atoms. The number of sulfonamides is 1. The maximum absolute atomic E-state index is 12.4. The Morgan fingerprint density at radius 3 is 2.27 bits per heavy atom. The van der Waals surface area contributed by atoms with Crippen molar-refractivity contribution in [2.75, 3.05) is 4.72 Å². The Morgan fingerprint density at radius 1 is 0.846 bits per heavy atom. The van der Waals surface area contributed by atoms with Crippen LogP contribution in [0.2, 0.25) is 0 Å². The minimum absolute atomic E-state index is 0.211. The van der Waals surface area contributed by atoms with Crippen LogP contribution in [-0.2, 0) is 10.0 Å². The molecule has 0 fully saturated rings. The summed E-state index contributed by atoms with van der Waals surface area (Å²) in [6, 6.07) is 21.2. The van der Waals surface area contributed by atoms with Gasteiger partial charge >= 0.3 is 0 Å². The third-order valence-electron chi connectivity index (χ3n) is 3.95. The van der Waals surface area contributed by atoms with Crippen LogP contribution in [0.3, 0.4) is 0 Å². The van der Waals surface area contributed by atoms with Gasteiger partial charge in [-0.1, -0.05) is 35.9 Å². The van der Waals surface area contributed by atoms with Crippen molar-refractivity contribution in [3.8, 4) is 5.69 Å². The summed E-state index contributed by atoms with van der Waals surface area (Å²) in [4.78, 5) is 1.75. The first-order valence-corrected chi connectivity index (χ1v) is 9.52. The van der Waals surface area contributed by atoms with Gasteiger partial charge < -0.3 is 0 Å². The Balaban J connectivity index is 1.67. The fourth-order valence-corrected chi connectivity index (χ4v) is 3.66. The molecular weight excluding hydrogens is 348 g/mol. The molecule has 1 N–H and O–H groups in total. The normalized spacial score (nSPS) is 11.6. The van der Waals surface area contributed by atoms with E-state index in [2.05, 4.69) is 14.9 Å². The molecule has 0 spiro atoms. The van der Waals surface area contributed by atoms with Crippen LogP contribution in [0.1, 0.15) is 5.56 Å². The van der Waals surface area contributed by atoms with Gasteiger partial charge in [-0.05, 0) is 49.4 Å². The molecular formula is C19H16N4O2S. The van der Waals surface area contributed by atoms with Gasteiger partial charge in [-0.25, -0.2) is 8.42 Å². The van der Waals surface area contributed by atoms with E-state index < -0.39 is 10.0 Å². The summed E-state index contributed by atoms with van der Waals surface area (Å²) in [7, 11) is -3.64. The quantitative estimate of drug-likeness (QED) is 0.601. The Kier molecular flexibility index (Phi) is 3.93. The summed E-state index contributed by atoms with van der Waals surface area (Å²) >= 11 is 0. The van der Waals surface area contributed by atoms with Gasteiger partial charge in [-0.15, -0.1) is 10.2 Å². The van der Waals surface area contributed by atoms with E-state index in [1.807, 2.05) is 31.2 Å². The average molecular weight is 364 g/mol. The summed E-state index contributed by atoms with van der Waals surface area (Å²) in [6.07, 6.45) is 0. The van der Waals surface area contributed by atoms with Gasteiger partial charge in [0, 0.05) is 0 Å². The number of aryl methyl sites for hydroxylation is 1. The lowest BCUT2D eigenvalue weighted by atomic mass is 10.2. The third-order valence-corrected chi connectivity index (χ3v) is 5.35. The number of fused-ring (bicyclic) bond motifs is 1. The standard InChI is InChI=1S/C19H16N4O2S/c1-14-7-10-16(11-8-14)23-20-18-12-9-15(13-19(18)21-23)22-26(24,25)17-5-3-2-4-6-17/h2-13,22H,1H3. The van der Waals surface area contributed by atoms with Gasteiger partial charge in [0.25, 0.3) is 10.0 Å². The van der Waals surface area contributed by atoms with E-state index in [9.17, 15) is 8.42 Å². The molecule has 1 aromatic heterocycles. The molecule has 6 nitrogen and oxygen atoms in total. The van der Waals surface area contributed by atoms with Crippen molar-refractivity contribution >= 4 is 26.7 Å². The molecule has 4 aromatic rings. The molecule has 0 aliphatic heterocycles. The van der Waals surface area contributed by atoms with Gasteiger partial charge in [-0.3, -0.25) is 4.72 Å². The van der Waals surface area contributed by atoms with Crippen LogP contribution < -0.4 is 4.72 Å². The Bertz CT molecular complexity index is 1170. The van der Waals surface area contributed by atoms with Crippen molar-refractivity contribution in [1.29, 1.82) is 0 Å². The zero-order valence-electron chi connectivity index (χ0n) is 14.0. The fraction of sp³-hybridized carbons (Fsp3) is 0.0526. The largest absolute Gasteiger partial charge is 0.280 e. The number of rotatable bonds is 4. The van der Waals surface area contributed by atoms with E-state index in [0.717, 1.165) is 11.3 Å². The number of benzene rings is 3. The molecule has 0 saturated carbocycles. The van der Waals surface area contributed by atoms with Gasteiger partial charge in [0.05, 0.1) is 16.3 Å². The molecule has 0 saturated heterocycles. The van der Waals surface area contributed by atoms with E-state index in [-0.39, 0.29) is 4.90 Å². The molecule has 0 amide bonds. The van der Waals surface area contributed by atoms with Crippen molar-refractivity contribution in [3.63, 3.8) is 0 Å². The Hall–Kier alpha value is -3.19. The minimum atomic E-state index is -3.64. The van der Waals surface area contributed by atoms with Gasteiger partial charge in [-0.2, -0.15) is 4.80 Å². The second-order valence-electron chi connectivity index (χ2n) is 5.95. The van der Waals surface area contributed by atoms with Crippen molar-refractivity contribution < 1.29 is 8.42 Å². The van der Waals surface area contributed by atoms with Crippen molar-refractivity contribution in [2.24, 2.45) is 0 Å². The molecule has 0 atom stereocenters. The van der Waals surface area contributed by atoms with Gasteiger partial charge in [0.15, 0.2) is 0 Å². The molecule has 4 rings (SSSR count). The molecule has 1 heterocycles. The lowest BCUT2D eigenvalue weighted by molar-refractivity contribution is 0.601. The first-order chi connectivity index (χ1) is 12.5. The number of hydrogen-bond acceptors (Lipinski definition) is 4. The van der Waals surface area contributed by atoms with Crippen molar-refractivity contribution in [3.05, 3.63) is 78.4 Å². The highest BCUT2D eigenvalue weighted by Gasteiger charge is 2.14. The van der Waals surface area contributed by atoms with Crippen LogP contribution in [0, 0.1) is 6.92 Å². The Morgan fingerprint density at radius 2 is 1.54 bits per heavy atom. The SMILES string of the molecule is Cc1ccc(-n2nc3ccc(NS(=O)(=O)c4ccccc4)cc3n2)cc1. The number of hydrogen-bond donors (Lipinski definition) is 1. The van der Waals surface area contributed by atoms with E-state index >= 15 is 0 Å². The number of nitrogens with zero attached hydrogens (tertiary/aromatic N) is 3. The van der Waals surface area contributed by atoms with E-state index in [0.29, 0.717) is 16.7 Å². The zero-order valence-corrected chi connectivity index (χ0v) is 14.8. The number of nitrogens with one attached hydrogen (secondary N) is 1. The molecule has 3 aromatic carbocycles. The van der Waals surface area contributed by atoms with Gasteiger partial charge in [0.1, 0.15) is 11.0 Å². The molecule has 0 aliphatic carbocycles. The second-order valence-corrected chi connectivity index (χ2v) is 7.63. The van der Waals surface area contributed by atoms with Crippen LogP contribution in [0.5, 0.6) is 0 Å². The lowest BCUT2D eigenvalue weighted by Gasteiger charge is -2.07. The molecule has 0 aliphatic rings. The number of aromatic nitrogens is 3. The van der Waals surface area contributed by atoms with E-state index in [1.54, 1.807) is 53.3 Å². The summed E-state index contributed by atoms with van der Waals surface area (Å²) in [5.74, 6) is 0. The summed E-state index contributed by atoms with van der Waals surface area (Å²) in [6.45, 7) is 2.02. The maximum atomic E-state index is 12.4. The lowest BCUT2D eigenvalue weighted by Crippen LogP contribution is -2.12. The fourth-order valence-electron chi connectivity index (χ4n) is 2.59. The van der Waals surface area contributed by atoms with Crippen LogP contribution in [0.25, 0.3) is 16.7 Å². The highest BCUT2D eigenvalue weighted by molar-refractivity contribution is 7.92. The van der Waals surface area contributed by atoms with Gasteiger partial charge in [0.2, 0.25) is 0 Å². The predicted molar refractivity (Wildman–Crippen MR) is 101 cm³/mol. The van der Waals surface area contributed by atoms with Crippen LogP contribution in [-0.4, -0.2) is 23.4 Å². The highest BCUT2D eigenvalue weighted by Crippen LogP contribution is 2.20. The highest BCUT2D eigenvalue weighted by atomic mass is 32.2. The van der Waals surface area contributed by atoms with Crippen molar-refractivity contribution in [1.82, 2.24) is 15.0 Å². The molecule has 0 radical (unpaired) electrons. The second kappa shape index (κ2) is 6.27. The smallest absolute Gasteiger partial charge is 0.261 e. The first kappa shape index (κ1) is 16.3.